The minimum absolute atomic E-state index is 0.0985. The summed E-state index contributed by atoms with van der Waals surface area (Å²) < 4.78 is 32.8. The molecule has 3 rings (SSSR count). The van der Waals surface area contributed by atoms with E-state index < -0.39 is 6.97 Å². The van der Waals surface area contributed by atoms with E-state index in [1.807, 2.05) is 6.92 Å². The van der Waals surface area contributed by atoms with E-state index in [9.17, 15) is 4.79 Å². The Morgan fingerprint density at radius 3 is 2.71 bits per heavy atom. The fourth-order valence-corrected chi connectivity index (χ4v) is 4.08. The third-order valence-electron chi connectivity index (χ3n) is 5.47. The summed E-state index contributed by atoms with van der Waals surface area (Å²) in [5.41, 5.74) is 8.39. The van der Waals surface area contributed by atoms with Crippen molar-refractivity contribution in [3.63, 3.8) is 0 Å². The fraction of sp³-hybridized carbons (Fsp3) is 0.500. The first-order valence-electron chi connectivity index (χ1n) is 10.1. The van der Waals surface area contributed by atoms with Crippen molar-refractivity contribution in [1.82, 2.24) is 9.79 Å². The Labute approximate surface area is 165 Å². The predicted octanol–water partition coefficient (Wildman–Crippen LogP) is 3.12. The summed E-state index contributed by atoms with van der Waals surface area (Å²) in [6, 6.07) is 1.79. The van der Waals surface area contributed by atoms with E-state index in [1.54, 1.807) is 31.2 Å². The lowest BCUT2D eigenvalue weighted by Crippen LogP contribution is -2.50. The lowest BCUT2D eigenvalue weighted by Gasteiger charge is -2.30. The molecule has 0 aliphatic carbocycles. The number of fused-ring (bicyclic) bond motifs is 2. The number of nitrogens with zero attached hydrogens (tertiary/aromatic N) is 2. The molecule has 1 aromatic heterocycles. The van der Waals surface area contributed by atoms with Gasteiger partial charge in [-0.15, -0.1) is 0 Å². The minimum atomic E-state index is -3.96. The van der Waals surface area contributed by atoms with Crippen molar-refractivity contribution >= 4 is 24.7 Å². The number of aromatic nitrogens is 1. The van der Waals surface area contributed by atoms with Crippen molar-refractivity contribution in [2.45, 2.75) is 52.4 Å². The molecule has 0 aromatic carbocycles. The lowest BCUT2D eigenvalue weighted by atomic mass is 9.90. The number of aryl methyl sites for hydroxylation is 2. The number of nitrogens with two attached hydrogens (primary N) is 1. The number of rotatable bonds is 9. The van der Waals surface area contributed by atoms with Crippen molar-refractivity contribution < 1.29 is 17.9 Å². The van der Waals surface area contributed by atoms with Crippen LogP contribution in [0.4, 0.5) is 8.63 Å². The zero-order valence-corrected chi connectivity index (χ0v) is 16.7. The standard InChI is InChI=1S/C20H29BF2N4O/c1-15-13-16(2)26-19(15)14-18-8-7-17(27(18)21(26,22)23)9-10-20(28)25-12-6-4-3-5-11-24/h7-8,13-14H,3-6,9-12,24H2,1-2H3,(H,25,28). The first-order valence-corrected chi connectivity index (χ1v) is 10.1. The van der Waals surface area contributed by atoms with Gasteiger partial charge in [-0.1, -0.05) is 12.8 Å². The number of allylic oxidation sites excluding steroid dienone is 2. The Balaban J connectivity index is 1.63. The van der Waals surface area contributed by atoms with Crippen LogP contribution in [0.25, 0.3) is 6.08 Å². The maximum Gasteiger partial charge on any atom is 0.737 e. The van der Waals surface area contributed by atoms with Crippen molar-refractivity contribution in [2.24, 2.45) is 5.73 Å². The summed E-state index contributed by atoms with van der Waals surface area (Å²) in [5.74, 6) is -0.0985. The predicted molar refractivity (Wildman–Crippen MR) is 109 cm³/mol. The van der Waals surface area contributed by atoms with E-state index in [2.05, 4.69) is 5.32 Å². The van der Waals surface area contributed by atoms with E-state index >= 15 is 8.63 Å². The normalized spacial score (nSPS) is 16.8. The third-order valence-corrected chi connectivity index (χ3v) is 5.47. The van der Waals surface area contributed by atoms with E-state index in [0.29, 0.717) is 42.3 Å². The lowest BCUT2D eigenvalue weighted by molar-refractivity contribution is -0.362. The second-order valence-electron chi connectivity index (χ2n) is 7.63. The molecule has 0 radical (unpaired) electrons. The molecule has 8 heteroatoms. The molecule has 1 aromatic rings. The van der Waals surface area contributed by atoms with Gasteiger partial charge < -0.3 is 28.6 Å². The van der Waals surface area contributed by atoms with Gasteiger partial charge in [0.25, 0.3) is 0 Å². The number of halogens is 2. The highest BCUT2D eigenvalue weighted by atomic mass is 19.2. The van der Waals surface area contributed by atoms with Crippen LogP contribution in [0.5, 0.6) is 0 Å². The Hall–Kier alpha value is -2.22. The number of nitrogens with one attached hydrogen (secondary N) is 1. The molecule has 2 aliphatic heterocycles. The molecule has 3 N–H and O–H groups in total. The molecule has 152 valence electrons. The summed E-state index contributed by atoms with van der Waals surface area (Å²) in [7, 11) is 0. The summed E-state index contributed by atoms with van der Waals surface area (Å²) in [5, 5.41) is 2.88. The fourth-order valence-electron chi connectivity index (χ4n) is 4.08. The third kappa shape index (κ3) is 3.97. The molecule has 1 amide bonds. The second-order valence-corrected chi connectivity index (χ2v) is 7.63. The van der Waals surface area contributed by atoms with Gasteiger partial charge in [0.15, 0.2) is 5.70 Å². The Morgan fingerprint density at radius 2 is 1.96 bits per heavy atom. The molecule has 3 heterocycles. The minimum Gasteiger partial charge on any atom is -0.394 e. The van der Waals surface area contributed by atoms with E-state index in [1.165, 1.54) is 0 Å². The number of carbonyl (C=O) groups is 1. The van der Waals surface area contributed by atoms with Gasteiger partial charge >= 0.3 is 6.97 Å². The van der Waals surface area contributed by atoms with Crippen LogP contribution in [-0.4, -0.2) is 40.6 Å². The first-order chi connectivity index (χ1) is 13.4. The molecule has 0 spiro atoms. The van der Waals surface area contributed by atoms with Gasteiger partial charge in [-0.25, -0.2) is 0 Å². The summed E-state index contributed by atoms with van der Waals surface area (Å²) in [6.07, 6.45) is 9.73. The van der Waals surface area contributed by atoms with Crippen LogP contribution in [0.1, 0.15) is 55.5 Å². The van der Waals surface area contributed by atoms with Crippen LogP contribution in [0.3, 0.4) is 0 Å². The number of carbonyl (C=O) groups excluding carboxylic acids is 1. The molecule has 0 saturated carbocycles. The number of hydrogen-bond donors (Lipinski definition) is 2. The maximum absolute atomic E-state index is 15.3. The molecule has 0 saturated heterocycles. The van der Waals surface area contributed by atoms with Gasteiger partial charge in [-0.2, -0.15) is 0 Å². The van der Waals surface area contributed by atoms with Crippen molar-refractivity contribution in [3.8, 4) is 0 Å². The summed E-state index contributed by atoms with van der Waals surface area (Å²) in [6.45, 7) is 0.909. The number of unbranched alkanes of at least 4 members (excludes halogenated alkanes) is 3. The highest BCUT2D eigenvalue weighted by Gasteiger charge is 2.52. The molecule has 0 fully saturated rings. The second kappa shape index (κ2) is 8.43. The molecule has 5 nitrogen and oxygen atoms in total. The van der Waals surface area contributed by atoms with Gasteiger partial charge in [-0.05, 0) is 50.6 Å². The summed E-state index contributed by atoms with van der Waals surface area (Å²) >= 11 is 0. The average Bonchev–Trinajstić information content (AvgIpc) is 3.18. The van der Waals surface area contributed by atoms with Crippen LogP contribution in [0, 0.1) is 13.8 Å². The number of amides is 1. The molecule has 0 atom stereocenters. The maximum atomic E-state index is 15.3. The zero-order chi connectivity index (χ0) is 20.3. The Bertz CT molecular complexity index is 855. The highest BCUT2D eigenvalue weighted by molar-refractivity contribution is 6.58. The smallest absolute Gasteiger partial charge is 0.394 e. The first kappa shape index (κ1) is 20.5. The van der Waals surface area contributed by atoms with Gasteiger partial charge in [0.05, 0.1) is 0 Å². The largest absolute Gasteiger partial charge is 0.737 e. The molecule has 0 unspecified atom stereocenters. The zero-order valence-electron chi connectivity index (χ0n) is 16.7. The van der Waals surface area contributed by atoms with E-state index in [-0.39, 0.29) is 12.3 Å². The van der Waals surface area contributed by atoms with Gasteiger partial charge in [-0.3, -0.25) is 4.79 Å². The van der Waals surface area contributed by atoms with Crippen LogP contribution >= 0.6 is 0 Å². The monoisotopic (exact) mass is 390 g/mol. The van der Waals surface area contributed by atoms with Gasteiger partial charge in [0, 0.05) is 43.3 Å². The average molecular weight is 390 g/mol. The van der Waals surface area contributed by atoms with Crippen molar-refractivity contribution in [2.75, 3.05) is 13.1 Å². The SMILES string of the molecule is Cc1cc(C)n2c1C=C1C=CC(CCC(=O)NCCCCCCN)=[N+]1[B-]2(F)F. The summed E-state index contributed by atoms with van der Waals surface area (Å²) in [4.78, 5) is 12.1. The molecule has 0 bridgehead atoms. The Morgan fingerprint density at radius 1 is 1.21 bits per heavy atom. The van der Waals surface area contributed by atoms with Crippen LogP contribution in [-0.2, 0) is 4.79 Å². The van der Waals surface area contributed by atoms with E-state index in [4.69, 9.17) is 5.73 Å². The highest BCUT2D eigenvalue weighted by Crippen LogP contribution is 2.34. The Kier molecular flexibility index (Phi) is 6.18. The quantitative estimate of drug-likeness (QED) is 0.503. The number of hydrogen-bond acceptors (Lipinski definition) is 2. The van der Waals surface area contributed by atoms with E-state index in [0.717, 1.165) is 40.2 Å². The molecular formula is C20H29BF2N4O. The van der Waals surface area contributed by atoms with Crippen LogP contribution in [0.2, 0.25) is 0 Å². The molecule has 2 aliphatic rings. The van der Waals surface area contributed by atoms with Gasteiger partial charge in [0.2, 0.25) is 5.91 Å². The molecular weight excluding hydrogens is 361 g/mol. The van der Waals surface area contributed by atoms with Crippen LogP contribution in [0.15, 0.2) is 23.9 Å². The topological polar surface area (TPSA) is 63.1 Å². The van der Waals surface area contributed by atoms with Crippen molar-refractivity contribution in [1.29, 1.82) is 0 Å². The van der Waals surface area contributed by atoms with Gasteiger partial charge in [0.1, 0.15) is 5.71 Å². The van der Waals surface area contributed by atoms with Crippen molar-refractivity contribution in [3.05, 3.63) is 40.9 Å². The van der Waals surface area contributed by atoms with Crippen LogP contribution < -0.4 is 11.1 Å². The molecule has 28 heavy (non-hydrogen) atoms.